The minimum atomic E-state index is -0.510. The van der Waals surface area contributed by atoms with E-state index in [0.29, 0.717) is 69.0 Å². The fraction of sp³-hybridized carbons (Fsp3) is 0.640. The molecule has 1 aromatic heterocycles. The van der Waals surface area contributed by atoms with Crippen molar-refractivity contribution in [3.8, 4) is 12.1 Å². The third-order valence-corrected chi connectivity index (χ3v) is 8.17. The lowest BCUT2D eigenvalue weighted by Gasteiger charge is -2.47. The van der Waals surface area contributed by atoms with E-state index < -0.39 is 11.9 Å². The van der Waals surface area contributed by atoms with Crippen LogP contribution in [0.3, 0.4) is 0 Å². The Morgan fingerprint density at radius 3 is 2.61 bits per heavy atom. The van der Waals surface area contributed by atoms with Gasteiger partial charge in [-0.05, 0) is 51.8 Å². The molecule has 5 rings (SSSR count). The van der Waals surface area contributed by atoms with Crippen LogP contribution >= 0.6 is 0 Å². The van der Waals surface area contributed by atoms with Crippen LogP contribution < -0.4 is 20.3 Å². The SMILES string of the molecule is C=CC(=O)N1CC2(CCN(c3nc(OCC4CCCN4C)nc(N4CCC[C@H]4C(N)=O)c3C#N)C2)C1. The standard InChI is InChI=1S/C25H34N8O3/c1-3-20(34)32-15-25(16-32)8-11-31(14-25)22-18(12-26)23(33-10-5-7-19(33)21(27)35)29-24(28-22)36-13-17-6-4-9-30(17)2/h3,17,19H,1,4-11,13-16H2,2H3,(H2,27,35)/t17?,19-/m0/s1. The summed E-state index contributed by atoms with van der Waals surface area (Å²) in [7, 11) is 2.09. The van der Waals surface area contributed by atoms with Crippen molar-refractivity contribution in [1.82, 2.24) is 19.8 Å². The lowest BCUT2D eigenvalue weighted by atomic mass is 9.79. The van der Waals surface area contributed by atoms with Crippen molar-refractivity contribution in [2.75, 3.05) is 62.7 Å². The first-order chi connectivity index (χ1) is 17.3. The first kappa shape index (κ1) is 24.3. The van der Waals surface area contributed by atoms with Gasteiger partial charge in [0.25, 0.3) is 0 Å². The molecule has 2 amide bonds. The molecule has 0 saturated carbocycles. The molecule has 11 nitrogen and oxygen atoms in total. The summed E-state index contributed by atoms with van der Waals surface area (Å²) in [4.78, 5) is 41.5. The van der Waals surface area contributed by atoms with E-state index in [1.165, 1.54) is 6.08 Å². The Kier molecular flexibility index (Phi) is 6.47. The Bertz CT molecular complexity index is 1100. The van der Waals surface area contributed by atoms with Gasteiger partial charge in [0.15, 0.2) is 11.6 Å². The second-order valence-corrected chi connectivity index (χ2v) is 10.6. The van der Waals surface area contributed by atoms with Crippen LogP contribution in [0.4, 0.5) is 11.6 Å². The fourth-order valence-corrected chi connectivity index (χ4v) is 6.12. The highest BCUT2D eigenvalue weighted by Crippen LogP contribution is 2.43. The van der Waals surface area contributed by atoms with Crippen LogP contribution in [0, 0.1) is 16.7 Å². The zero-order valence-corrected chi connectivity index (χ0v) is 20.9. The van der Waals surface area contributed by atoms with Crippen LogP contribution in [0.2, 0.25) is 0 Å². The van der Waals surface area contributed by atoms with Gasteiger partial charge in [0.05, 0.1) is 0 Å². The maximum Gasteiger partial charge on any atom is 0.320 e. The van der Waals surface area contributed by atoms with Crippen LogP contribution in [0.25, 0.3) is 0 Å². The summed E-state index contributed by atoms with van der Waals surface area (Å²) in [5, 5.41) is 10.2. The van der Waals surface area contributed by atoms with Crippen LogP contribution in [-0.2, 0) is 9.59 Å². The number of amides is 2. The second kappa shape index (κ2) is 9.58. The Morgan fingerprint density at radius 2 is 1.94 bits per heavy atom. The molecule has 192 valence electrons. The number of aromatic nitrogens is 2. The summed E-state index contributed by atoms with van der Waals surface area (Å²) in [6.45, 7) is 8.40. The number of anilines is 2. The topological polar surface area (TPSA) is 132 Å². The molecule has 4 saturated heterocycles. The number of likely N-dealkylation sites (tertiary alicyclic amines) is 2. The van der Waals surface area contributed by atoms with Crippen LogP contribution in [0.5, 0.6) is 6.01 Å². The summed E-state index contributed by atoms with van der Waals surface area (Å²) in [5.41, 5.74) is 6.01. The minimum absolute atomic E-state index is 0.0203. The number of rotatable bonds is 7. The number of ether oxygens (including phenoxy) is 1. The molecule has 11 heteroatoms. The Hall–Kier alpha value is -3.39. The number of carbonyl (C=O) groups is 2. The predicted molar refractivity (Wildman–Crippen MR) is 133 cm³/mol. The van der Waals surface area contributed by atoms with E-state index in [1.807, 2.05) is 4.90 Å². The largest absolute Gasteiger partial charge is 0.462 e. The highest BCUT2D eigenvalue weighted by atomic mass is 16.5. The molecule has 0 bridgehead atoms. The predicted octanol–water partition coefficient (Wildman–Crippen LogP) is 0.500. The van der Waals surface area contributed by atoms with Crippen molar-refractivity contribution in [3.63, 3.8) is 0 Å². The number of likely N-dealkylation sites (N-methyl/N-ethyl adjacent to an activating group) is 1. The maximum atomic E-state index is 12.2. The van der Waals surface area contributed by atoms with Crippen molar-refractivity contribution in [2.45, 2.75) is 44.2 Å². The third kappa shape index (κ3) is 4.34. The summed E-state index contributed by atoms with van der Waals surface area (Å²) in [5.74, 6) is 0.461. The van der Waals surface area contributed by atoms with Gasteiger partial charge >= 0.3 is 6.01 Å². The molecule has 1 unspecified atom stereocenters. The van der Waals surface area contributed by atoms with Crippen LogP contribution in [-0.4, -0.2) is 96.6 Å². The van der Waals surface area contributed by atoms with Gasteiger partial charge in [0.2, 0.25) is 11.8 Å². The van der Waals surface area contributed by atoms with Gasteiger partial charge in [-0.25, -0.2) is 0 Å². The quantitative estimate of drug-likeness (QED) is 0.538. The second-order valence-electron chi connectivity index (χ2n) is 10.6. The summed E-state index contributed by atoms with van der Waals surface area (Å²) in [6, 6.07) is 2.30. The van der Waals surface area contributed by atoms with Crippen molar-refractivity contribution in [1.29, 1.82) is 5.26 Å². The fourth-order valence-electron chi connectivity index (χ4n) is 6.12. The molecular weight excluding hydrogens is 460 g/mol. The molecule has 0 aromatic carbocycles. The van der Waals surface area contributed by atoms with E-state index in [4.69, 9.17) is 15.5 Å². The van der Waals surface area contributed by atoms with E-state index >= 15 is 0 Å². The molecule has 2 N–H and O–H groups in total. The number of nitrogens with two attached hydrogens (primary N) is 1. The Labute approximate surface area is 211 Å². The lowest BCUT2D eigenvalue weighted by molar-refractivity contribution is -0.136. The molecular formula is C25H34N8O3. The maximum absolute atomic E-state index is 12.2. The highest BCUT2D eigenvalue weighted by molar-refractivity contribution is 5.88. The van der Waals surface area contributed by atoms with Gasteiger partial charge in [-0.3, -0.25) is 9.59 Å². The number of primary amides is 1. The van der Waals surface area contributed by atoms with Crippen molar-refractivity contribution in [3.05, 3.63) is 18.2 Å². The monoisotopic (exact) mass is 494 g/mol. The summed E-state index contributed by atoms with van der Waals surface area (Å²) in [6.07, 6.45) is 5.85. The Morgan fingerprint density at radius 1 is 1.19 bits per heavy atom. The zero-order chi connectivity index (χ0) is 25.4. The summed E-state index contributed by atoms with van der Waals surface area (Å²) >= 11 is 0. The number of hydrogen-bond donors (Lipinski definition) is 1. The van der Waals surface area contributed by atoms with Crippen LogP contribution in [0.15, 0.2) is 12.7 Å². The van der Waals surface area contributed by atoms with Crippen LogP contribution in [0.1, 0.15) is 37.7 Å². The smallest absolute Gasteiger partial charge is 0.320 e. The van der Waals surface area contributed by atoms with Crippen molar-refractivity contribution in [2.24, 2.45) is 11.1 Å². The molecule has 1 spiro atoms. The first-order valence-corrected chi connectivity index (χ1v) is 12.7. The van der Waals surface area contributed by atoms with Gasteiger partial charge < -0.3 is 30.1 Å². The van der Waals surface area contributed by atoms with Gasteiger partial charge in [-0.2, -0.15) is 15.2 Å². The first-order valence-electron chi connectivity index (χ1n) is 12.7. The summed E-state index contributed by atoms with van der Waals surface area (Å²) < 4.78 is 6.10. The van der Waals surface area contributed by atoms with Gasteiger partial charge in [0.1, 0.15) is 24.3 Å². The van der Waals surface area contributed by atoms with Crippen molar-refractivity contribution < 1.29 is 14.3 Å². The number of nitriles is 1. The van der Waals surface area contributed by atoms with E-state index in [9.17, 15) is 14.9 Å². The van der Waals surface area contributed by atoms with Gasteiger partial charge in [-0.1, -0.05) is 6.58 Å². The zero-order valence-electron chi connectivity index (χ0n) is 20.9. The molecule has 36 heavy (non-hydrogen) atoms. The van der Waals surface area contributed by atoms with Gasteiger partial charge in [0, 0.05) is 44.2 Å². The average Bonchev–Trinajstić information content (AvgIpc) is 3.60. The molecule has 0 radical (unpaired) electrons. The van der Waals surface area contributed by atoms with Gasteiger partial charge in [-0.15, -0.1) is 0 Å². The van der Waals surface area contributed by atoms with E-state index in [1.54, 1.807) is 4.90 Å². The minimum Gasteiger partial charge on any atom is -0.462 e. The van der Waals surface area contributed by atoms with E-state index in [0.717, 1.165) is 32.2 Å². The lowest BCUT2D eigenvalue weighted by Crippen LogP contribution is -2.59. The van der Waals surface area contributed by atoms with Crippen molar-refractivity contribution >= 4 is 23.5 Å². The molecule has 1 aromatic rings. The molecule has 2 atom stereocenters. The molecule has 4 aliphatic rings. The molecule has 0 aliphatic carbocycles. The molecule has 4 fully saturated rings. The Balaban J connectivity index is 1.44. The molecule has 4 aliphatic heterocycles. The average molecular weight is 495 g/mol. The normalized spacial score (nSPS) is 25.2. The highest BCUT2D eigenvalue weighted by Gasteiger charge is 2.49. The number of nitrogens with zero attached hydrogens (tertiary/aromatic N) is 7. The number of hydrogen-bond acceptors (Lipinski definition) is 9. The van der Waals surface area contributed by atoms with E-state index in [2.05, 4.69) is 34.5 Å². The van der Waals surface area contributed by atoms with E-state index in [-0.39, 0.29) is 17.3 Å². The number of carbonyl (C=O) groups excluding carboxylic acids is 2. The third-order valence-electron chi connectivity index (χ3n) is 8.17. The molecule has 5 heterocycles.